The SMILES string of the molecule is CC12CCCC1C1(C)CCC3(C)OC31CC2. The van der Waals surface area contributed by atoms with E-state index in [0.717, 1.165) is 5.92 Å². The van der Waals surface area contributed by atoms with E-state index in [1.807, 2.05) is 0 Å². The Morgan fingerprint density at radius 3 is 2.50 bits per heavy atom. The Bertz CT molecular complexity index is 364. The molecule has 4 rings (SSSR count). The molecule has 1 spiro atoms. The molecule has 5 atom stereocenters. The molecule has 0 aromatic heterocycles. The summed E-state index contributed by atoms with van der Waals surface area (Å²) in [6.45, 7) is 7.48. The van der Waals surface area contributed by atoms with E-state index in [0.29, 0.717) is 16.4 Å². The van der Waals surface area contributed by atoms with Crippen LogP contribution in [0.5, 0.6) is 0 Å². The highest BCUT2D eigenvalue weighted by molar-refractivity contribution is 5.30. The summed E-state index contributed by atoms with van der Waals surface area (Å²) in [5.41, 5.74) is 1.72. The minimum atomic E-state index is 0.270. The van der Waals surface area contributed by atoms with Crippen molar-refractivity contribution < 1.29 is 4.74 Å². The smallest absolute Gasteiger partial charge is 0.103 e. The third-order valence-corrected chi connectivity index (χ3v) is 7.16. The van der Waals surface area contributed by atoms with Gasteiger partial charge in [-0.15, -0.1) is 0 Å². The van der Waals surface area contributed by atoms with Gasteiger partial charge >= 0.3 is 0 Å². The van der Waals surface area contributed by atoms with E-state index in [2.05, 4.69) is 20.8 Å². The minimum absolute atomic E-state index is 0.270. The molecular weight excluding hydrogens is 196 g/mol. The second kappa shape index (κ2) is 2.39. The highest BCUT2D eigenvalue weighted by Gasteiger charge is 2.82. The summed E-state index contributed by atoms with van der Waals surface area (Å²) in [6.07, 6.45) is 9.90. The number of ether oxygens (including phenoxy) is 1. The van der Waals surface area contributed by atoms with Gasteiger partial charge in [0.1, 0.15) is 5.60 Å². The molecule has 5 unspecified atom stereocenters. The van der Waals surface area contributed by atoms with Crippen molar-refractivity contribution in [2.45, 2.75) is 76.9 Å². The van der Waals surface area contributed by atoms with Crippen LogP contribution in [0, 0.1) is 16.7 Å². The molecule has 0 aromatic carbocycles. The van der Waals surface area contributed by atoms with E-state index in [9.17, 15) is 0 Å². The molecule has 3 saturated carbocycles. The van der Waals surface area contributed by atoms with Crippen molar-refractivity contribution in [1.29, 1.82) is 0 Å². The second-order valence-corrected chi connectivity index (χ2v) is 7.68. The van der Waals surface area contributed by atoms with E-state index in [1.165, 1.54) is 44.9 Å². The zero-order valence-corrected chi connectivity index (χ0v) is 10.9. The van der Waals surface area contributed by atoms with Gasteiger partial charge in [0.05, 0.1) is 5.60 Å². The van der Waals surface area contributed by atoms with Gasteiger partial charge in [0.2, 0.25) is 0 Å². The Hall–Kier alpha value is -0.0400. The van der Waals surface area contributed by atoms with Crippen molar-refractivity contribution in [3.05, 3.63) is 0 Å². The number of hydrogen-bond donors (Lipinski definition) is 0. The minimum Gasteiger partial charge on any atom is -0.362 e. The molecule has 1 nitrogen and oxygen atoms in total. The Balaban J connectivity index is 1.81. The van der Waals surface area contributed by atoms with Crippen LogP contribution in [0.1, 0.15) is 65.7 Å². The summed E-state index contributed by atoms with van der Waals surface area (Å²) < 4.78 is 6.29. The van der Waals surface area contributed by atoms with E-state index >= 15 is 0 Å². The first-order valence-corrected chi connectivity index (χ1v) is 7.16. The van der Waals surface area contributed by atoms with Gasteiger partial charge in [-0.25, -0.2) is 0 Å². The highest BCUT2D eigenvalue weighted by atomic mass is 16.6. The van der Waals surface area contributed by atoms with Crippen LogP contribution >= 0.6 is 0 Å². The largest absolute Gasteiger partial charge is 0.362 e. The fourth-order valence-corrected chi connectivity index (χ4v) is 6.17. The van der Waals surface area contributed by atoms with E-state index in [-0.39, 0.29) is 5.60 Å². The van der Waals surface area contributed by atoms with Crippen LogP contribution in [-0.2, 0) is 4.74 Å². The van der Waals surface area contributed by atoms with Gasteiger partial charge in [-0.3, -0.25) is 0 Å². The molecule has 0 bridgehead atoms. The summed E-state index contributed by atoms with van der Waals surface area (Å²) >= 11 is 0. The zero-order chi connectivity index (χ0) is 11.2. The standard InChI is InChI=1S/C15H24O/c1-12-6-4-5-11(12)13(2)8-9-14(3)15(13,16-14)10-7-12/h11H,4-10H2,1-3H3. The average molecular weight is 220 g/mol. The van der Waals surface area contributed by atoms with E-state index in [1.54, 1.807) is 0 Å². The molecule has 0 amide bonds. The van der Waals surface area contributed by atoms with Gasteiger partial charge < -0.3 is 4.74 Å². The van der Waals surface area contributed by atoms with Crippen molar-refractivity contribution in [3.63, 3.8) is 0 Å². The van der Waals surface area contributed by atoms with E-state index in [4.69, 9.17) is 4.74 Å². The van der Waals surface area contributed by atoms with Crippen molar-refractivity contribution in [2.75, 3.05) is 0 Å². The summed E-state index contributed by atoms with van der Waals surface area (Å²) in [5, 5.41) is 0. The van der Waals surface area contributed by atoms with Gasteiger partial charge in [-0.2, -0.15) is 0 Å². The fraction of sp³-hybridized carbons (Fsp3) is 1.00. The van der Waals surface area contributed by atoms with Gasteiger partial charge in [0, 0.05) is 5.41 Å². The van der Waals surface area contributed by atoms with Crippen LogP contribution < -0.4 is 0 Å². The summed E-state index contributed by atoms with van der Waals surface area (Å²) in [4.78, 5) is 0. The molecule has 1 heteroatoms. The van der Waals surface area contributed by atoms with Crippen molar-refractivity contribution >= 4 is 0 Å². The lowest BCUT2D eigenvalue weighted by Gasteiger charge is -2.51. The first kappa shape index (κ1) is 9.94. The molecule has 90 valence electrons. The predicted octanol–water partition coefficient (Wildman–Crippen LogP) is 3.91. The van der Waals surface area contributed by atoms with Crippen LogP contribution in [0.25, 0.3) is 0 Å². The number of fused-ring (bicyclic) bond motifs is 2. The normalized spacial score (nSPS) is 67.3. The van der Waals surface area contributed by atoms with Gasteiger partial charge in [0.25, 0.3) is 0 Å². The van der Waals surface area contributed by atoms with Crippen LogP contribution in [0.3, 0.4) is 0 Å². The van der Waals surface area contributed by atoms with Crippen LogP contribution in [-0.4, -0.2) is 11.2 Å². The maximum atomic E-state index is 6.29. The monoisotopic (exact) mass is 220 g/mol. The quantitative estimate of drug-likeness (QED) is 0.564. The molecule has 0 aromatic rings. The average Bonchev–Trinajstić information content (AvgIpc) is 2.52. The molecule has 1 saturated heterocycles. The highest BCUT2D eigenvalue weighted by Crippen LogP contribution is 2.78. The Morgan fingerprint density at radius 1 is 0.938 bits per heavy atom. The summed E-state index contributed by atoms with van der Waals surface area (Å²) in [5.74, 6) is 0.943. The number of epoxide rings is 1. The molecular formula is C15H24O. The van der Waals surface area contributed by atoms with E-state index < -0.39 is 0 Å². The van der Waals surface area contributed by atoms with Gasteiger partial charge in [0.15, 0.2) is 0 Å². The first-order chi connectivity index (χ1) is 7.46. The fourth-order valence-electron chi connectivity index (χ4n) is 6.17. The molecule has 0 N–H and O–H groups in total. The van der Waals surface area contributed by atoms with Gasteiger partial charge in [-0.05, 0) is 56.8 Å². The molecule has 4 fully saturated rings. The Kier molecular flexibility index (Phi) is 1.48. The lowest BCUT2D eigenvalue weighted by molar-refractivity contribution is -0.0587. The van der Waals surface area contributed by atoms with Crippen molar-refractivity contribution in [3.8, 4) is 0 Å². The maximum absolute atomic E-state index is 6.29. The zero-order valence-electron chi connectivity index (χ0n) is 10.9. The lowest BCUT2D eigenvalue weighted by Crippen LogP contribution is -2.50. The first-order valence-electron chi connectivity index (χ1n) is 7.16. The Labute approximate surface area is 98.9 Å². The van der Waals surface area contributed by atoms with Crippen LogP contribution in [0.15, 0.2) is 0 Å². The lowest BCUT2D eigenvalue weighted by atomic mass is 9.52. The summed E-state index contributed by atoms with van der Waals surface area (Å²) in [7, 11) is 0. The number of rotatable bonds is 0. The maximum Gasteiger partial charge on any atom is 0.103 e. The number of hydrogen-bond acceptors (Lipinski definition) is 1. The molecule has 0 radical (unpaired) electrons. The Morgan fingerprint density at radius 2 is 1.75 bits per heavy atom. The molecule has 3 aliphatic carbocycles. The van der Waals surface area contributed by atoms with Crippen molar-refractivity contribution in [2.24, 2.45) is 16.7 Å². The van der Waals surface area contributed by atoms with Crippen LogP contribution in [0.4, 0.5) is 0 Å². The molecule has 1 aliphatic heterocycles. The van der Waals surface area contributed by atoms with Gasteiger partial charge in [-0.1, -0.05) is 20.3 Å². The molecule has 16 heavy (non-hydrogen) atoms. The predicted molar refractivity (Wildman–Crippen MR) is 64.2 cm³/mol. The molecule has 1 heterocycles. The topological polar surface area (TPSA) is 12.5 Å². The summed E-state index contributed by atoms with van der Waals surface area (Å²) in [6, 6.07) is 0. The van der Waals surface area contributed by atoms with Crippen molar-refractivity contribution in [1.82, 2.24) is 0 Å². The van der Waals surface area contributed by atoms with Crippen LogP contribution in [0.2, 0.25) is 0 Å². The third-order valence-electron chi connectivity index (χ3n) is 7.16. The second-order valence-electron chi connectivity index (χ2n) is 7.68. The third kappa shape index (κ3) is 0.776. The molecule has 4 aliphatic rings.